The average molecular weight is 251 g/mol. The zero-order chi connectivity index (χ0) is 12.3. The number of rotatable bonds is 5. The Morgan fingerprint density at radius 2 is 2.35 bits per heavy atom. The van der Waals surface area contributed by atoms with E-state index >= 15 is 0 Å². The highest BCUT2D eigenvalue weighted by Crippen LogP contribution is 2.49. The second-order valence-corrected chi connectivity index (χ2v) is 6.91. The van der Waals surface area contributed by atoms with Crippen LogP contribution in [-0.2, 0) is 0 Å². The third kappa shape index (κ3) is 2.92. The molecule has 2 atom stereocenters. The van der Waals surface area contributed by atoms with Gasteiger partial charge in [0.15, 0.2) is 0 Å². The molecule has 0 spiro atoms. The van der Waals surface area contributed by atoms with Gasteiger partial charge in [0.1, 0.15) is 0 Å². The van der Waals surface area contributed by atoms with Crippen molar-refractivity contribution in [3.8, 4) is 0 Å². The molecule has 2 unspecified atom stereocenters. The molecule has 17 heavy (non-hydrogen) atoms. The minimum atomic E-state index is 0.495. The number of hydrogen-bond donors (Lipinski definition) is 1. The van der Waals surface area contributed by atoms with Gasteiger partial charge in [-0.1, -0.05) is 33.3 Å². The van der Waals surface area contributed by atoms with E-state index in [1.54, 1.807) is 0 Å². The summed E-state index contributed by atoms with van der Waals surface area (Å²) in [5, 5.41) is 5.99. The van der Waals surface area contributed by atoms with Gasteiger partial charge in [-0.25, -0.2) is 0 Å². The fraction of sp³-hybridized carbons (Fsp3) is 0.733. The first-order chi connectivity index (χ1) is 8.15. The molecule has 2 heteroatoms. The molecule has 1 aromatic heterocycles. The van der Waals surface area contributed by atoms with E-state index in [0.29, 0.717) is 11.5 Å². The molecule has 1 aliphatic carbocycles. The topological polar surface area (TPSA) is 12.0 Å². The lowest BCUT2D eigenvalue weighted by molar-refractivity contribution is 0.200. The summed E-state index contributed by atoms with van der Waals surface area (Å²) in [4.78, 5) is 1.53. The molecule has 1 aliphatic rings. The van der Waals surface area contributed by atoms with E-state index in [0.717, 1.165) is 12.5 Å². The van der Waals surface area contributed by atoms with Gasteiger partial charge in [-0.05, 0) is 48.6 Å². The molecule has 96 valence electrons. The van der Waals surface area contributed by atoms with Crippen LogP contribution >= 0.6 is 11.3 Å². The minimum Gasteiger partial charge on any atom is -0.309 e. The second kappa shape index (κ2) is 5.53. The summed E-state index contributed by atoms with van der Waals surface area (Å²) in [6.45, 7) is 8.27. The normalized spacial score (nSPS) is 25.0. The van der Waals surface area contributed by atoms with Gasteiger partial charge in [0.05, 0.1) is 0 Å². The maximum absolute atomic E-state index is 3.78. The fourth-order valence-electron chi connectivity index (χ4n) is 3.18. The molecule has 1 fully saturated rings. The Bertz CT molecular complexity index is 329. The Morgan fingerprint density at radius 1 is 1.53 bits per heavy atom. The van der Waals surface area contributed by atoms with Crippen LogP contribution in [0, 0.1) is 11.3 Å². The van der Waals surface area contributed by atoms with Crippen molar-refractivity contribution in [2.75, 3.05) is 6.54 Å². The quantitative estimate of drug-likeness (QED) is 0.805. The SMILES string of the molecule is CCCNC(c1cccs1)C1CCCC1(C)C. The third-order valence-electron chi connectivity index (χ3n) is 4.21. The van der Waals surface area contributed by atoms with Gasteiger partial charge in [-0.3, -0.25) is 0 Å². The van der Waals surface area contributed by atoms with Crippen LogP contribution in [0.3, 0.4) is 0 Å². The highest BCUT2D eigenvalue weighted by atomic mass is 32.1. The Balaban J connectivity index is 2.15. The standard InChI is InChI=1S/C15H25NS/c1-4-10-16-14(13-8-6-11-17-13)12-7-5-9-15(12,2)3/h6,8,11-12,14,16H,4-5,7,9-10H2,1-3H3. The van der Waals surface area contributed by atoms with Crippen molar-refractivity contribution >= 4 is 11.3 Å². The Labute approximate surface area is 110 Å². The van der Waals surface area contributed by atoms with E-state index in [4.69, 9.17) is 0 Å². The summed E-state index contributed by atoms with van der Waals surface area (Å²) < 4.78 is 0. The Hall–Kier alpha value is -0.340. The zero-order valence-electron chi connectivity index (χ0n) is 11.3. The van der Waals surface area contributed by atoms with E-state index < -0.39 is 0 Å². The first-order valence-electron chi connectivity index (χ1n) is 6.92. The summed E-state index contributed by atoms with van der Waals surface area (Å²) in [7, 11) is 0. The van der Waals surface area contributed by atoms with Gasteiger partial charge < -0.3 is 5.32 Å². The smallest absolute Gasteiger partial charge is 0.0448 e. The van der Waals surface area contributed by atoms with Gasteiger partial charge in [0.2, 0.25) is 0 Å². The molecule has 1 nitrogen and oxygen atoms in total. The molecule has 0 aliphatic heterocycles. The number of nitrogens with one attached hydrogen (secondary N) is 1. The molecule has 0 amide bonds. The zero-order valence-corrected chi connectivity index (χ0v) is 12.1. The van der Waals surface area contributed by atoms with Gasteiger partial charge in [-0.2, -0.15) is 0 Å². The molecule has 2 rings (SSSR count). The largest absolute Gasteiger partial charge is 0.309 e. The molecule has 1 N–H and O–H groups in total. The van der Waals surface area contributed by atoms with Crippen LogP contribution in [0.4, 0.5) is 0 Å². The minimum absolute atomic E-state index is 0.495. The van der Waals surface area contributed by atoms with Crippen LogP contribution in [0.1, 0.15) is 57.4 Å². The van der Waals surface area contributed by atoms with Crippen LogP contribution in [0.2, 0.25) is 0 Å². The third-order valence-corrected chi connectivity index (χ3v) is 5.16. The molecule has 0 saturated heterocycles. The first kappa shape index (κ1) is 13.1. The fourth-order valence-corrected chi connectivity index (χ4v) is 4.05. The lowest BCUT2D eigenvalue weighted by atomic mass is 9.77. The van der Waals surface area contributed by atoms with E-state index in [1.807, 2.05) is 11.3 Å². The van der Waals surface area contributed by atoms with E-state index in [1.165, 1.54) is 30.6 Å². The van der Waals surface area contributed by atoms with Gasteiger partial charge >= 0.3 is 0 Å². The summed E-state index contributed by atoms with van der Waals surface area (Å²) in [5.74, 6) is 0.799. The van der Waals surface area contributed by atoms with Crippen LogP contribution in [0.5, 0.6) is 0 Å². The summed E-state index contributed by atoms with van der Waals surface area (Å²) in [6, 6.07) is 5.06. The maximum Gasteiger partial charge on any atom is 0.0448 e. The monoisotopic (exact) mass is 251 g/mol. The maximum atomic E-state index is 3.78. The van der Waals surface area contributed by atoms with Crippen molar-refractivity contribution in [1.82, 2.24) is 5.32 Å². The van der Waals surface area contributed by atoms with E-state index in [9.17, 15) is 0 Å². The molecular formula is C15H25NS. The van der Waals surface area contributed by atoms with E-state index in [2.05, 4.69) is 43.6 Å². The van der Waals surface area contributed by atoms with Gasteiger partial charge in [0.25, 0.3) is 0 Å². The van der Waals surface area contributed by atoms with Crippen molar-refractivity contribution < 1.29 is 0 Å². The average Bonchev–Trinajstić information content (AvgIpc) is 2.90. The van der Waals surface area contributed by atoms with Crippen molar-refractivity contribution in [1.29, 1.82) is 0 Å². The number of hydrogen-bond acceptors (Lipinski definition) is 2. The molecule has 1 heterocycles. The Morgan fingerprint density at radius 3 is 2.88 bits per heavy atom. The van der Waals surface area contributed by atoms with Crippen LogP contribution in [0.15, 0.2) is 17.5 Å². The molecule has 0 bridgehead atoms. The Kier molecular flexibility index (Phi) is 4.26. The second-order valence-electron chi connectivity index (χ2n) is 5.93. The molecule has 1 saturated carbocycles. The van der Waals surface area contributed by atoms with Crippen molar-refractivity contribution in [2.45, 2.75) is 52.5 Å². The first-order valence-corrected chi connectivity index (χ1v) is 7.80. The highest BCUT2D eigenvalue weighted by Gasteiger charge is 2.40. The van der Waals surface area contributed by atoms with Crippen molar-refractivity contribution in [3.05, 3.63) is 22.4 Å². The molecular weight excluding hydrogens is 226 g/mol. The van der Waals surface area contributed by atoms with E-state index in [-0.39, 0.29) is 0 Å². The number of thiophene rings is 1. The summed E-state index contributed by atoms with van der Waals surface area (Å²) in [5.41, 5.74) is 0.495. The highest BCUT2D eigenvalue weighted by molar-refractivity contribution is 7.10. The molecule has 0 aromatic carbocycles. The van der Waals surface area contributed by atoms with Crippen molar-refractivity contribution in [2.24, 2.45) is 11.3 Å². The van der Waals surface area contributed by atoms with Crippen LogP contribution in [0.25, 0.3) is 0 Å². The van der Waals surface area contributed by atoms with Crippen LogP contribution in [-0.4, -0.2) is 6.54 Å². The summed E-state index contributed by atoms with van der Waals surface area (Å²) in [6.07, 6.45) is 5.38. The predicted molar refractivity (Wildman–Crippen MR) is 76.5 cm³/mol. The lowest BCUT2D eigenvalue weighted by Gasteiger charge is -2.34. The lowest BCUT2D eigenvalue weighted by Crippen LogP contribution is -2.33. The molecule has 1 aromatic rings. The predicted octanol–water partition coefficient (Wildman–Crippen LogP) is 4.62. The van der Waals surface area contributed by atoms with Gasteiger partial charge in [0, 0.05) is 10.9 Å². The van der Waals surface area contributed by atoms with Crippen LogP contribution < -0.4 is 5.32 Å². The van der Waals surface area contributed by atoms with Gasteiger partial charge in [-0.15, -0.1) is 11.3 Å². The molecule has 0 radical (unpaired) electrons. The summed E-state index contributed by atoms with van der Waals surface area (Å²) >= 11 is 1.91. The van der Waals surface area contributed by atoms with Crippen molar-refractivity contribution in [3.63, 3.8) is 0 Å².